The Morgan fingerprint density at radius 3 is 2.06 bits per heavy atom. The van der Waals surface area contributed by atoms with Crippen molar-refractivity contribution in [3.8, 4) is 6.57 Å². The van der Waals surface area contributed by atoms with Gasteiger partial charge < -0.3 is 4.90 Å². The quantitative estimate of drug-likeness (QED) is 0.777. The van der Waals surface area contributed by atoms with E-state index in [4.69, 9.17) is 5.26 Å². The highest BCUT2D eigenvalue weighted by molar-refractivity contribution is 5.20. The third-order valence-corrected chi connectivity index (χ3v) is 3.86. The lowest BCUT2D eigenvalue weighted by Gasteiger charge is -2.32. The second kappa shape index (κ2) is 5.84. The van der Waals surface area contributed by atoms with Crippen molar-refractivity contribution in [2.45, 2.75) is 37.6 Å². The van der Waals surface area contributed by atoms with Crippen LogP contribution in [0.5, 0.6) is 0 Å². The molecule has 1 aliphatic carbocycles. The maximum atomic E-state index is 6.50. The topological polar surface area (TPSA) is 27.0 Å². The van der Waals surface area contributed by atoms with Crippen molar-refractivity contribution >= 4 is 0 Å². The monoisotopic (exact) mass is 228 g/mol. The zero-order chi connectivity index (χ0) is 12.1. The molecule has 1 aliphatic heterocycles. The summed E-state index contributed by atoms with van der Waals surface area (Å²) in [5, 5.41) is 6.50. The van der Waals surface area contributed by atoms with Crippen molar-refractivity contribution in [2.24, 2.45) is 0 Å². The molecule has 2 heteroatoms. The van der Waals surface area contributed by atoms with Crippen molar-refractivity contribution in [3.05, 3.63) is 35.9 Å². The van der Waals surface area contributed by atoms with Crippen molar-refractivity contribution < 1.29 is 0 Å². The van der Waals surface area contributed by atoms with Crippen molar-refractivity contribution in [3.63, 3.8) is 0 Å². The smallest absolute Gasteiger partial charge is 0.0462 e. The molecule has 1 heterocycles. The van der Waals surface area contributed by atoms with Gasteiger partial charge in [-0.1, -0.05) is 30.3 Å². The van der Waals surface area contributed by atoms with Crippen LogP contribution >= 0.6 is 0 Å². The van der Waals surface area contributed by atoms with Gasteiger partial charge in [-0.2, -0.15) is 0 Å². The number of likely N-dealkylation sites (tertiary alicyclic amines) is 1. The van der Waals surface area contributed by atoms with Gasteiger partial charge in [0.2, 0.25) is 0 Å². The summed E-state index contributed by atoms with van der Waals surface area (Å²) < 4.78 is 0. The molecule has 1 saturated carbocycles. The molecular formula is C15H20N2. The SMILES string of the molecule is C#N.c1ccc(C2CCN(C3CC3)CC2)cc1. The molecule has 2 aliphatic rings. The van der Waals surface area contributed by atoms with Gasteiger partial charge in [0.25, 0.3) is 0 Å². The predicted octanol–water partition coefficient (Wildman–Crippen LogP) is 3.17. The van der Waals surface area contributed by atoms with E-state index in [0.717, 1.165) is 12.0 Å². The van der Waals surface area contributed by atoms with Crippen LogP contribution in [-0.4, -0.2) is 24.0 Å². The van der Waals surface area contributed by atoms with Crippen LogP contribution in [0.25, 0.3) is 0 Å². The molecule has 0 aromatic heterocycles. The molecule has 3 rings (SSSR count). The van der Waals surface area contributed by atoms with Gasteiger partial charge in [0.15, 0.2) is 0 Å². The fraction of sp³-hybridized carbons (Fsp3) is 0.533. The molecular weight excluding hydrogens is 208 g/mol. The first-order valence-electron chi connectivity index (χ1n) is 6.48. The van der Waals surface area contributed by atoms with E-state index in [0.29, 0.717) is 0 Å². The fourth-order valence-electron chi connectivity index (χ4n) is 2.76. The number of hydrogen-bond acceptors (Lipinski definition) is 2. The summed E-state index contributed by atoms with van der Waals surface area (Å²) in [6.07, 6.45) is 5.63. The maximum Gasteiger partial charge on any atom is 0.0462 e. The molecule has 1 saturated heterocycles. The standard InChI is InChI=1S/C14H19N.CHN/c1-2-4-12(5-3-1)13-8-10-15(11-9-13)14-6-7-14;1-2/h1-5,13-14H,6-11H2;1H. The van der Waals surface area contributed by atoms with Gasteiger partial charge in [-0.05, 0) is 50.3 Å². The van der Waals surface area contributed by atoms with Crippen molar-refractivity contribution in [1.29, 1.82) is 5.26 Å². The van der Waals surface area contributed by atoms with Gasteiger partial charge >= 0.3 is 0 Å². The number of piperidine rings is 1. The molecule has 0 unspecified atom stereocenters. The highest BCUT2D eigenvalue weighted by atomic mass is 15.2. The number of nitrogens with zero attached hydrogens (tertiary/aromatic N) is 2. The van der Waals surface area contributed by atoms with E-state index in [9.17, 15) is 0 Å². The molecule has 1 aromatic rings. The minimum absolute atomic E-state index is 0.821. The fourth-order valence-corrected chi connectivity index (χ4v) is 2.76. The Bertz CT molecular complexity index is 346. The first-order valence-corrected chi connectivity index (χ1v) is 6.48. The van der Waals surface area contributed by atoms with Gasteiger partial charge in [-0.3, -0.25) is 0 Å². The summed E-state index contributed by atoms with van der Waals surface area (Å²) in [6, 6.07) is 12.0. The van der Waals surface area contributed by atoms with Crippen LogP contribution in [0.15, 0.2) is 30.3 Å². The zero-order valence-corrected chi connectivity index (χ0v) is 10.3. The average molecular weight is 228 g/mol. The van der Waals surface area contributed by atoms with Crippen LogP contribution in [0.3, 0.4) is 0 Å². The van der Waals surface area contributed by atoms with Gasteiger partial charge in [-0.15, -0.1) is 0 Å². The molecule has 0 bridgehead atoms. The number of nitriles is 1. The van der Waals surface area contributed by atoms with Crippen molar-refractivity contribution in [1.82, 2.24) is 4.90 Å². The largest absolute Gasteiger partial charge is 0.300 e. The number of rotatable bonds is 2. The zero-order valence-electron chi connectivity index (χ0n) is 10.3. The third kappa shape index (κ3) is 3.08. The first-order chi connectivity index (χ1) is 8.43. The first kappa shape index (κ1) is 12.1. The second-order valence-corrected chi connectivity index (χ2v) is 4.95. The van der Waals surface area contributed by atoms with Gasteiger partial charge in [-0.25, -0.2) is 5.26 Å². The van der Waals surface area contributed by atoms with Crippen LogP contribution in [0.2, 0.25) is 0 Å². The molecule has 0 N–H and O–H groups in total. The normalized spacial score (nSPS) is 21.5. The molecule has 0 spiro atoms. The van der Waals surface area contributed by atoms with E-state index in [1.165, 1.54) is 38.8 Å². The molecule has 17 heavy (non-hydrogen) atoms. The van der Waals surface area contributed by atoms with Crippen LogP contribution in [0.1, 0.15) is 37.2 Å². The van der Waals surface area contributed by atoms with Gasteiger partial charge in [0, 0.05) is 12.6 Å². The van der Waals surface area contributed by atoms with E-state index in [1.54, 1.807) is 5.56 Å². The summed E-state index contributed by atoms with van der Waals surface area (Å²) in [5.74, 6) is 0.821. The summed E-state index contributed by atoms with van der Waals surface area (Å²) in [4.78, 5) is 2.69. The summed E-state index contributed by atoms with van der Waals surface area (Å²) in [7, 11) is 0. The van der Waals surface area contributed by atoms with E-state index in [2.05, 4.69) is 41.8 Å². The van der Waals surface area contributed by atoms with Gasteiger partial charge in [0.05, 0.1) is 0 Å². The van der Waals surface area contributed by atoms with Crippen molar-refractivity contribution in [2.75, 3.05) is 13.1 Å². The Morgan fingerprint density at radius 1 is 0.941 bits per heavy atom. The van der Waals surface area contributed by atoms with Crippen LogP contribution in [0, 0.1) is 11.8 Å². The lowest BCUT2D eigenvalue weighted by Crippen LogP contribution is -2.34. The molecule has 0 amide bonds. The van der Waals surface area contributed by atoms with E-state index < -0.39 is 0 Å². The Balaban J connectivity index is 0.000000514. The van der Waals surface area contributed by atoms with Crippen LogP contribution in [-0.2, 0) is 0 Å². The molecule has 0 atom stereocenters. The minimum Gasteiger partial charge on any atom is -0.300 e. The molecule has 1 aromatic carbocycles. The minimum atomic E-state index is 0.821. The Hall–Kier alpha value is -1.33. The summed E-state index contributed by atoms with van der Waals surface area (Å²) in [5.41, 5.74) is 1.55. The lowest BCUT2D eigenvalue weighted by molar-refractivity contribution is 0.203. The predicted molar refractivity (Wildman–Crippen MR) is 69.7 cm³/mol. The molecule has 2 nitrogen and oxygen atoms in total. The maximum absolute atomic E-state index is 6.50. The van der Waals surface area contributed by atoms with Gasteiger partial charge in [0.1, 0.15) is 0 Å². The highest BCUT2D eigenvalue weighted by Crippen LogP contribution is 2.34. The molecule has 90 valence electrons. The number of hydrogen-bond donors (Lipinski definition) is 0. The molecule has 0 radical (unpaired) electrons. The summed E-state index contributed by atoms with van der Waals surface area (Å²) >= 11 is 0. The number of benzene rings is 1. The third-order valence-electron chi connectivity index (χ3n) is 3.86. The lowest BCUT2D eigenvalue weighted by atomic mass is 9.89. The highest BCUT2D eigenvalue weighted by Gasteiger charge is 2.31. The Labute approximate surface area is 104 Å². The Morgan fingerprint density at radius 2 is 1.53 bits per heavy atom. The van der Waals surface area contributed by atoms with E-state index in [1.807, 2.05) is 0 Å². The van der Waals surface area contributed by atoms with Crippen LogP contribution < -0.4 is 0 Å². The summed E-state index contributed by atoms with van der Waals surface area (Å²) in [6.45, 7) is 6.15. The van der Waals surface area contributed by atoms with E-state index in [-0.39, 0.29) is 0 Å². The van der Waals surface area contributed by atoms with E-state index >= 15 is 0 Å². The second-order valence-electron chi connectivity index (χ2n) is 4.95. The van der Waals surface area contributed by atoms with Crippen LogP contribution in [0.4, 0.5) is 0 Å². The molecule has 2 fully saturated rings. The Kier molecular flexibility index (Phi) is 4.17. The average Bonchev–Trinajstić information content (AvgIpc) is 3.27.